The van der Waals surface area contributed by atoms with Crippen molar-refractivity contribution < 1.29 is 16.2 Å². The van der Waals surface area contributed by atoms with Crippen LogP contribution in [0.3, 0.4) is 0 Å². The van der Waals surface area contributed by atoms with Crippen molar-refractivity contribution in [1.82, 2.24) is 14.1 Å². The molecule has 5 nitrogen and oxygen atoms in total. The van der Waals surface area contributed by atoms with Crippen LogP contribution in [0, 0.1) is 12.2 Å². The Kier molecular flexibility index (Phi) is 10.3. The van der Waals surface area contributed by atoms with Gasteiger partial charge in [0.25, 0.3) is 6.33 Å². The fourth-order valence-corrected chi connectivity index (χ4v) is 9.84. The molecule has 0 saturated heterocycles. The highest BCUT2D eigenvalue weighted by atomic mass is 16.5. The minimum Gasteiger partial charge on any atom is -0.458 e. The maximum Gasteiger partial charge on any atom is 0.269 e. The molecule has 3 heterocycles. The van der Waals surface area contributed by atoms with Gasteiger partial charge in [-0.25, -0.2) is 4.98 Å². The Morgan fingerprint density at radius 1 is 0.556 bits per heavy atom. The summed E-state index contributed by atoms with van der Waals surface area (Å²) in [4.78, 5) is 4.92. The first-order chi connectivity index (χ1) is 36.8. The summed E-state index contributed by atoms with van der Waals surface area (Å²) in [7, 11) is 0. The van der Waals surface area contributed by atoms with Crippen molar-refractivity contribution in [3.05, 3.63) is 223 Å². The van der Waals surface area contributed by atoms with E-state index in [0.29, 0.717) is 34.6 Å². The summed E-state index contributed by atoms with van der Waals surface area (Å²) in [5.74, 6) is 2.96. The quantitative estimate of drug-likeness (QED) is 0.101. The summed E-state index contributed by atoms with van der Waals surface area (Å²) in [5, 5.41) is 2.23. The van der Waals surface area contributed by atoms with Crippen LogP contribution in [0.1, 0.15) is 91.8 Å². The van der Waals surface area contributed by atoms with Crippen molar-refractivity contribution in [2.75, 3.05) is 0 Å². The first-order valence-corrected chi connectivity index (χ1v) is 25.0. The summed E-state index contributed by atoms with van der Waals surface area (Å²) < 4.78 is 58.0. The predicted molar refractivity (Wildman–Crippen MR) is 299 cm³/mol. The molecule has 5 heteroatoms. The highest BCUT2D eigenvalue weighted by Gasteiger charge is 2.25. The maximum atomic E-state index is 9.33. The SMILES string of the molecule is [2H]c1c([2H])c([2H])c(-c2cccc(-c3cc(C(C)(C)C)cc(C(C)(C)C)c3)c2-[n+]2[c-]n(-c3cccc(Oc4ccc5c6ccccc6n(-c6cc(C(C)C(C)C)ccn6)c5c4)c3)c3cc(-c4ccccc4)ccc32)c([2H])c1[2H]. The van der Waals surface area contributed by atoms with Gasteiger partial charge in [-0.2, -0.15) is 0 Å². The third-order valence-electron chi connectivity index (χ3n) is 14.3. The average molecular weight is 944 g/mol. The molecular formula is C67H62N4O. The van der Waals surface area contributed by atoms with Crippen LogP contribution in [0.2, 0.25) is 0 Å². The summed E-state index contributed by atoms with van der Waals surface area (Å²) in [6.45, 7) is 20.0. The Bertz CT molecular complexity index is 4040. The third kappa shape index (κ3) is 8.68. The van der Waals surface area contributed by atoms with Crippen molar-refractivity contribution in [3.8, 4) is 62.1 Å². The smallest absolute Gasteiger partial charge is 0.269 e. The molecule has 0 radical (unpaired) electrons. The fraction of sp³-hybridized carbons (Fsp3) is 0.194. The molecule has 0 fully saturated rings. The molecule has 0 spiro atoms. The standard InChI is InChI=1S/C67H62N4O/c1-44(2)45(3)48-34-35-68-64(39-48)71-60-29-17-16-26-58(60)59-32-31-55(42-62(59)71)72-54-25-18-24-53(41-54)69-43-70(61-33-30-49(38-63(61)69)46-20-12-10-13-21-46)65-56(47-22-14-11-15-23-47)27-19-28-57(65)50-36-51(66(4,5)6)40-52(37-50)67(7,8)9/h10-42,44-45H,1-9H3/i11D,14D,15D,22D,23D. The molecule has 0 bridgehead atoms. The van der Waals surface area contributed by atoms with Gasteiger partial charge in [0.1, 0.15) is 17.3 Å². The van der Waals surface area contributed by atoms with Gasteiger partial charge in [-0.3, -0.25) is 13.7 Å². The Morgan fingerprint density at radius 3 is 1.97 bits per heavy atom. The molecule has 0 aliphatic carbocycles. The summed E-state index contributed by atoms with van der Waals surface area (Å²) in [6, 6.07) is 54.4. The van der Waals surface area contributed by atoms with E-state index in [2.05, 4.69) is 176 Å². The number of aromatic nitrogens is 4. The zero-order chi connectivity index (χ0) is 54.2. The number of imidazole rings is 1. The van der Waals surface area contributed by atoms with Crippen molar-refractivity contribution in [2.45, 2.75) is 79.1 Å². The van der Waals surface area contributed by atoms with Gasteiger partial charge >= 0.3 is 0 Å². The summed E-state index contributed by atoms with van der Waals surface area (Å²) in [5.41, 5.74) is 12.6. The Hall–Kier alpha value is -8.02. The second-order valence-electron chi connectivity index (χ2n) is 21.5. The molecule has 3 aromatic heterocycles. The van der Waals surface area contributed by atoms with Crippen LogP contribution in [-0.2, 0) is 10.8 Å². The fourth-order valence-electron chi connectivity index (χ4n) is 9.84. The molecule has 0 saturated carbocycles. The molecule has 72 heavy (non-hydrogen) atoms. The molecular weight excluding hydrogens is 877 g/mol. The Labute approximate surface area is 431 Å². The van der Waals surface area contributed by atoms with Crippen LogP contribution in [0.15, 0.2) is 200 Å². The molecule has 11 aromatic rings. The first kappa shape index (κ1) is 40.7. The van der Waals surface area contributed by atoms with Crippen LogP contribution < -0.4 is 9.30 Å². The van der Waals surface area contributed by atoms with Crippen molar-refractivity contribution in [1.29, 1.82) is 0 Å². The molecule has 0 aliphatic heterocycles. The lowest BCUT2D eigenvalue weighted by molar-refractivity contribution is -0.571. The number of hydrogen-bond acceptors (Lipinski definition) is 2. The molecule has 0 amide bonds. The molecule has 0 N–H and O–H groups in total. The summed E-state index contributed by atoms with van der Waals surface area (Å²) >= 11 is 0. The molecule has 11 rings (SSSR count). The molecule has 1 atom stereocenters. The Balaban J connectivity index is 1.12. The second kappa shape index (κ2) is 18.3. The van der Waals surface area contributed by atoms with Crippen LogP contribution in [0.4, 0.5) is 0 Å². The number of ether oxygens (including phenoxy) is 1. The van der Waals surface area contributed by atoms with E-state index >= 15 is 0 Å². The number of benzene rings is 8. The highest BCUT2D eigenvalue weighted by molar-refractivity contribution is 6.09. The molecule has 0 aliphatic rings. The zero-order valence-corrected chi connectivity index (χ0v) is 42.5. The number of para-hydroxylation sites is 2. The van der Waals surface area contributed by atoms with Gasteiger partial charge in [-0.1, -0.05) is 196 Å². The predicted octanol–water partition coefficient (Wildman–Crippen LogP) is 17.3. The van der Waals surface area contributed by atoms with Gasteiger partial charge in [0, 0.05) is 23.0 Å². The van der Waals surface area contributed by atoms with Gasteiger partial charge in [0.2, 0.25) is 0 Å². The minimum atomic E-state index is -0.443. The van der Waals surface area contributed by atoms with Gasteiger partial charge < -0.3 is 4.74 Å². The lowest BCUT2D eigenvalue weighted by Crippen LogP contribution is -2.31. The van der Waals surface area contributed by atoms with E-state index in [-0.39, 0.29) is 28.5 Å². The number of hydrogen-bond donors (Lipinski definition) is 0. The van der Waals surface area contributed by atoms with Crippen molar-refractivity contribution in [3.63, 3.8) is 0 Å². The lowest BCUT2D eigenvalue weighted by atomic mass is 9.78. The first-order valence-electron chi connectivity index (χ1n) is 27.5. The second-order valence-corrected chi connectivity index (χ2v) is 21.5. The number of nitrogens with zero attached hydrogens (tertiary/aromatic N) is 4. The van der Waals surface area contributed by atoms with Gasteiger partial charge in [-0.15, -0.1) is 0 Å². The van der Waals surface area contributed by atoms with Crippen molar-refractivity contribution >= 4 is 32.8 Å². The van der Waals surface area contributed by atoms with Crippen LogP contribution >= 0.6 is 0 Å². The topological polar surface area (TPSA) is 35.9 Å². The van der Waals surface area contributed by atoms with E-state index in [1.54, 1.807) is 0 Å². The van der Waals surface area contributed by atoms with Gasteiger partial charge in [-0.05, 0) is 127 Å². The molecule has 8 aromatic carbocycles. The van der Waals surface area contributed by atoms with E-state index in [1.807, 2.05) is 76.0 Å². The van der Waals surface area contributed by atoms with E-state index in [9.17, 15) is 2.74 Å². The van der Waals surface area contributed by atoms with Crippen molar-refractivity contribution in [2.24, 2.45) is 5.92 Å². The van der Waals surface area contributed by atoms with Gasteiger partial charge in [0.05, 0.1) is 40.3 Å². The number of fused-ring (bicyclic) bond motifs is 4. The lowest BCUT2D eigenvalue weighted by Gasteiger charge is -2.27. The van der Waals surface area contributed by atoms with Crippen LogP contribution in [-0.4, -0.2) is 14.1 Å². The maximum absolute atomic E-state index is 9.33. The zero-order valence-electron chi connectivity index (χ0n) is 47.5. The molecule has 1 unspecified atom stereocenters. The van der Waals surface area contributed by atoms with E-state index in [1.165, 1.54) is 5.56 Å². The van der Waals surface area contributed by atoms with Crippen LogP contribution in [0.5, 0.6) is 11.5 Å². The highest BCUT2D eigenvalue weighted by Crippen LogP contribution is 2.41. The normalized spacial score (nSPS) is 13.6. The van der Waals surface area contributed by atoms with Crippen LogP contribution in [0.25, 0.3) is 83.4 Å². The average Bonchev–Trinajstić information content (AvgIpc) is 4.00. The Morgan fingerprint density at radius 2 is 1.24 bits per heavy atom. The summed E-state index contributed by atoms with van der Waals surface area (Å²) in [6.07, 6.45) is 5.69. The van der Waals surface area contributed by atoms with E-state index in [0.717, 1.165) is 77.7 Å². The largest absolute Gasteiger partial charge is 0.458 e. The molecule has 356 valence electrons. The minimum absolute atomic E-state index is 0.110. The number of pyridine rings is 1. The number of rotatable bonds is 10. The van der Waals surface area contributed by atoms with E-state index in [4.69, 9.17) is 13.8 Å². The third-order valence-corrected chi connectivity index (χ3v) is 14.3. The van der Waals surface area contributed by atoms with Gasteiger partial charge in [0.15, 0.2) is 0 Å². The van der Waals surface area contributed by atoms with E-state index < -0.39 is 18.1 Å². The monoisotopic (exact) mass is 944 g/mol.